The number of carboxylic acid groups (broad SMARTS) is 1. The molecule has 178 valence electrons. The van der Waals surface area contributed by atoms with Crippen molar-refractivity contribution in [2.45, 2.75) is 27.7 Å². The SMILES string of the molecule is CCOc1ccccc1-c1c(Br)c(C(=O)[O-])c(C(C)=O)c(-c2ccccc2OCC)c1OCC. The largest absolute Gasteiger partial charge is 0.545 e. The fraction of sp³-hybridized carbons (Fsp3) is 0.259. The van der Waals surface area contributed by atoms with Crippen molar-refractivity contribution in [3.63, 3.8) is 0 Å². The zero-order chi connectivity index (χ0) is 24.8. The van der Waals surface area contributed by atoms with E-state index in [-0.39, 0.29) is 22.2 Å². The van der Waals surface area contributed by atoms with Crippen LogP contribution in [0.1, 0.15) is 48.4 Å². The van der Waals surface area contributed by atoms with Crippen molar-refractivity contribution in [1.29, 1.82) is 0 Å². The van der Waals surface area contributed by atoms with Crippen LogP contribution in [0.15, 0.2) is 53.0 Å². The molecule has 0 spiro atoms. The number of hydrogen-bond donors (Lipinski definition) is 0. The van der Waals surface area contributed by atoms with Gasteiger partial charge >= 0.3 is 0 Å². The van der Waals surface area contributed by atoms with Crippen molar-refractivity contribution in [3.05, 3.63) is 64.1 Å². The lowest BCUT2D eigenvalue weighted by atomic mass is 9.87. The number of Topliss-reactive ketones (excluding diaryl/α,β-unsaturated/α-hetero) is 1. The molecule has 0 atom stereocenters. The van der Waals surface area contributed by atoms with Gasteiger partial charge in [0.05, 0.1) is 25.8 Å². The molecule has 0 unspecified atom stereocenters. The van der Waals surface area contributed by atoms with Crippen molar-refractivity contribution >= 4 is 27.7 Å². The molecule has 0 aliphatic carbocycles. The van der Waals surface area contributed by atoms with Gasteiger partial charge in [-0.2, -0.15) is 0 Å². The summed E-state index contributed by atoms with van der Waals surface area (Å²) in [6.45, 7) is 7.95. The fourth-order valence-electron chi connectivity index (χ4n) is 3.94. The van der Waals surface area contributed by atoms with Gasteiger partial charge < -0.3 is 24.1 Å². The van der Waals surface area contributed by atoms with Gasteiger partial charge in [0, 0.05) is 37.9 Å². The number of ketones is 1. The Bertz CT molecular complexity index is 1220. The van der Waals surface area contributed by atoms with Crippen LogP contribution < -0.4 is 19.3 Å². The van der Waals surface area contributed by atoms with Gasteiger partial charge in [0.2, 0.25) is 0 Å². The summed E-state index contributed by atoms with van der Waals surface area (Å²) in [5.41, 5.74) is 1.69. The second kappa shape index (κ2) is 11.2. The van der Waals surface area contributed by atoms with Gasteiger partial charge in [0.15, 0.2) is 5.78 Å². The van der Waals surface area contributed by atoms with Crippen LogP contribution in [-0.2, 0) is 0 Å². The Hall–Kier alpha value is -3.32. The standard InChI is InChI=1S/C27H27BrO6/c1-5-32-19-14-10-8-12-17(19)22-21(16(4)29)24(27(30)31)25(28)23(26(22)34-7-3)18-13-9-11-15-20(18)33-6-2/h8-15H,5-7H2,1-4H3,(H,30,31)/p-1. The summed E-state index contributed by atoms with van der Waals surface area (Å²) >= 11 is 3.46. The van der Waals surface area contributed by atoms with Gasteiger partial charge in [-0.25, -0.2) is 0 Å². The van der Waals surface area contributed by atoms with Crippen LogP contribution in [0.4, 0.5) is 0 Å². The van der Waals surface area contributed by atoms with Crippen LogP contribution in [0.25, 0.3) is 22.3 Å². The van der Waals surface area contributed by atoms with Crippen LogP contribution in [0.5, 0.6) is 17.2 Å². The van der Waals surface area contributed by atoms with Gasteiger partial charge in [-0.3, -0.25) is 4.79 Å². The first kappa shape index (κ1) is 25.3. The third-order valence-corrected chi connectivity index (χ3v) is 5.94. The lowest BCUT2D eigenvalue weighted by Crippen LogP contribution is -2.26. The lowest BCUT2D eigenvalue weighted by molar-refractivity contribution is -0.255. The van der Waals surface area contributed by atoms with Crippen LogP contribution in [0, 0.1) is 0 Å². The highest BCUT2D eigenvalue weighted by molar-refractivity contribution is 9.10. The minimum absolute atomic E-state index is 0.0138. The average Bonchev–Trinajstić information content (AvgIpc) is 2.80. The van der Waals surface area contributed by atoms with E-state index in [0.717, 1.165) is 0 Å². The smallest absolute Gasteiger partial charge is 0.161 e. The number of carbonyl (C=O) groups is 2. The van der Waals surface area contributed by atoms with E-state index in [4.69, 9.17) is 14.2 Å². The van der Waals surface area contributed by atoms with E-state index in [2.05, 4.69) is 15.9 Å². The molecule has 0 amide bonds. The number of rotatable bonds is 10. The zero-order valence-corrected chi connectivity index (χ0v) is 21.2. The Labute approximate surface area is 207 Å². The predicted octanol–water partition coefficient (Wildman–Crippen LogP) is 5.55. The molecule has 0 aromatic heterocycles. The summed E-state index contributed by atoms with van der Waals surface area (Å²) in [5.74, 6) is -0.513. The highest BCUT2D eigenvalue weighted by Gasteiger charge is 2.30. The number of halogens is 1. The van der Waals surface area contributed by atoms with Gasteiger partial charge in [-0.1, -0.05) is 36.4 Å². The van der Waals surface area contributed by atoms with Gasteiger partial charge in [-0.05, 0) is 55.8 Å². The minimum atomic E-state index is -1.48. The molecule has 0 N–H and O–H groups in total. The van der Waals surface area contributed by atoms with E-state index >= 15 is 0 Å². The van der Waals surface area contributed by atoms with Gasteiger partial charge in [0.25, 0.3) is 0 Å². The molecule has 0 saturated heterocycles. The number of carboxylic acids is 1. The first-order chi connectivity index (χ1) is 16.4. The molecule has 0 bridgehead atoms. The Morgan fingerprint density at radius 3 is 1.68 bits per heavy atom. The second-order valence-electron chi connectivity index (χ2n) is 7.28. The lowest BCUT2D eigenvalue weighted by Gasteiger charge is -2.25. The van der Waals surface area contributed by atoms with Crippen molar-refractivity contribution in [1.82, 2.24) is 0 Å². The average molecular weight is 526 g/mol. The Morgan fingerprint density at radius 2 is 1.24 bits per heavy atom. The number of benzene rings is 3. The minimum Gasteiger partial charge on any atom is -0.545 e. The number of para-hydroxylation sites is 2. The number of aromatic carboxylic acids is 1. The molecule has 3 aromatic carbocycles. The van der Waals surface area contributed by atoms with Crippen LogP contribution >= 0.6 is 15.9 Å². The van der Waals surface area contributed by atoms with Crippen molar-refractivity contribution in [2.24, 2.45) is 0 Å². The molecule has 0 aliphatic rings. The molecule has 6 nitrogen and oxygen atoms in total. The monoisotopic (exact) mass is 525 g/mol. The maximum absolute atomic E-state index is 12.9. The molecule has 0 heterocycles. The first-order valence-electron chi connectivity index (χ1n) is 11.1. The summed E-state index contributed by atoms with van der Waals surface area (Å²) in [4.78, 5) is 25.3. The molecular weight excluding hydrogens is 500 g/mol. The molecular formula is C27H26BrO6-. The summed E-state index contributed by atoms with van der Waals surface area (Å²) in [6, 6.07) is 14.4. The molecule has 0 saturated carbocycles. The predicted molar refractivity (Wildman–Crippen MR) is 133 cm³/mol. The molecule has 0 aliphatic heterocycles. The first-order valence-corrected chi connectivity index (χ1v) is 11.8. The van der Waals surface area contributed by atoms with Crippen molar-refractivity contribution < 1.29 is 28.9 Å². The normalized spacial score (nSPS) is 10.6. The van der Waals surface area contributed by atoms with Crippen LogP contribution in [0.3, 0.4) is 0 Å². The molecule has 0 fully saturated rings. The van der Waals surface area contributed by atoms with E-state index in [1.54, 1.807) is 24.3 Å². The summed E-state index contributed by atoms with van der Waals surface area (Å²) in [5, 5.41) is 12.4. The quantitative estimate of drug-likeness (QED) is 0.323. The summed E-state index contributed by atoms with van der Waals surface area (Å²) < 4.78 is 18.0. The third-order valence-electron chi connectivity index (χ3n) is 5.15. The molecule has 3 aromatic rings. The van der Waals surface area contributed by atoms with E-state index in [1.165, 1.54) is 6.92 Å². The fourth-order valence-corrected chi connectivity index (χ4v) is 4.69. The second-order valence-corrected chi connectivity index (χ2v) is 8.07. The zero-order valence-electron chi connectivity index (χ0n) is 19.6. The van der Waals surface area contributed by atoms with Crippen LogP contribution in [-0.4, -0.2) is 31.6 Å². The summed E-state index contributed by atoms with van der Waals surface area (Å²) in [7, 11) is 0. The summed E-state index contributed by atoms with van der Waals surface area (Å²) in [6.07, 6.45) is 0. The Morgan fingerprint density at radius 1 is 0.765 bits per heavy atom. The maximum atomic E-state index is 12.9. The highest BCUT2D eigenvalue weighted by atomic mass is 79.9. The van der Waals surface area contributed by atoms with E-state index < -0.39 is 11.8 Å². The maximum Gasteiger partial charge on any atom is 0.161 e. The van der Waals surface area contributed by atoms with Crippen LogP contribution in [0.2, 0.25) is 0 Å². The molecule has 7 heteroatoms. The topological polar surface area (TPSA) is 84.9 Å². The van der Waals surface area contributed by atoms with E-state index in [9.17, 15) is 14.7 Å². The third kappa shape index (κ3) is 4.80. The highest BCUT2D eigenvalue weighted by Crippen LogP contribution is 2.51. The molecule has 0 radical (unpaired) electrons. The van der Waals surface area contributed by atoms with Crippen molar-refractivity contribution in [2.75, 3.05) is 19.8 Å². The van der Waals surface area contributed by atoms with Gasteiger partial charge in [-0.15, -0.1) is 0 Å². The van der Waals surface area contributed by atoms with E-state index in [0.29, 0.717) is 52.7 Å². The number of ether oxygens (including phenoxy) is 3. The van der Waals surface area contributed by atoms with Crippen molar-refractivity contribution in [3.8, 4) is 39.5 Å². The Balaban J connectivity index is 2.60. The number of carbonyl (C=O) groups excluding carboxylic acids is 2. The molecule has 34 heavy (non-hydrogen) atoms. The number of hydrogen-bond acceptors (Lipinski definition) is 6. The van der Waals surface area contributed by atoms with Gasteiger partial charge in [0.1, 0.15) is 17.2 Å². The Kier molecular flexibility index (Phi) is 8.34. The van der Waals surface area contributed by atoms with E-state index in [1.807, 2.05) is 45.0 Å². The molecule has 3 rings (SSSR count).